The quantitative estimate of drug-likeness (QED) is 0.774. The molecule has 1 heterocycles. The highest BCUT2D eigenvalue weighted by Crippen LogP contribution is 2.26. The van der Waals surface area contributed by atoms with Crippen LogP contribution in [0.4, 0.5) is 0 Å². The van der Waals surface area contributed by atoms with Gasteiger partial charge in [0, 0.05) is 11.6 Å². The van der Waals surface area contributed by atoms with E-state index >= 15 is 0 Å². The van der Waals surface area contributed by atoms with Crippen molar-refractivity contribution >= 4 is 10.9 Å². The number of fused-ring (bicyclic) bond motifs is 1. The van der Waals surface area contributed by atoms with E-state index in [9.17, 15) is 0 Å². The van der Waals surface area contributed by atoms with E-state index in [1.165, 1.54) is 5.56 Å². The number of aryl methyl sites for hydroxylation is 1. The minimum absolute atomic E-state index is 0.139. The molecular weight excluding hydrogens is 256 g/mol. The summed E-state index contributed by atoms with van der Waals surface area (Å²) in [6.07, 6.45) is 4.06. The molecule has 0 aliphatic heterocycles. The van der Waals surface area contributed by atoms with Gasteiger partial charge in [-0.2, -0.15) is 0 Å². The summed E-state index contributed by atoms with van der Waals surface area (Å²) >= 11 is 0. The Hall–Kier alpha value is -2.19. The number of pyridine rings is 1. The Bertz CT molecular complexity index is 744. The molecule has 0 radical (unpaired) electrons. The van der Waals surface area contributed by atoms with Gasteiger partial charge in [-0.25, -0.2) is 0 Å². The van der Waals surface area contributed by atoms with Gasteiger partial charge in [0.25, 0.3) is 0 Å². The molecule has 2 aromatic carbocycles. The first-order valence-corrected chi connectivity index (χ1v) is 7.47. The van der Waals surface area contributed by atoms with Crippen LogP contribution < -0.4 is 5.73 Å². The van der Waals surface area contributed by atoms with Crippen LogP contribution in [-0.4, -0.2) is 4.98 Å². The molecule has 21 heavy (non-hydrogen) atoms. The monoisotopic (exact) mass is 276 g/mol. The maximum atomic E-state index is 6.51. The second kappa shape index (κ2) is 6.06. The fraction of sp³-hybridized carbons (Fsp3) is 0.211. The van der Waals surface area contributed by atoms with Crippen LogP contribution in [0, 0.1) is 0 Å². The second-order valence-electron chi connectivity index (χ2n) is 5.40. The Balaban J connectivity index is 2.04. The molecule has 1 aromatic heterocycles. The predicted molar refractivity (Wildman–Crippen MR) is 88.2 cm³/mol. The van der Waals surface area contributed by atoms with E-state index in [0.29, 0.717) is 0 Å². The molecule has 0 saturated carbocycles. The first kappa shape index (κ1) is 13.8. The number of rotatable bonds is 4. The molecule has 0 aliphatic rings. The van der Waals surface area contributed by atoms with Crippen LogP contribution in [0.1, 0.15) is 36.1 Å². The number of aromatic nitrogens is 1. The summed E-state index contributed by atoms with van der Waals surface area (Å²) in [5.74, 6) is 0. The van der Waals surface area contributed by atoms with Gasteiger partial charge in [0.05, 0.1) is 11.6 Å². The number of hydrogen-bond acceptors (Lipinski definition) is 2. The zero-order chi connectivity index (χ0) is 14.7. The first-order chi connectivity index (χ1) is 10.3. The molecule has 0 aliphatic carbocycles. The van der Waals surface area contributed by atoms with Gasteiger partial charge >= 0.3 is 0 Å². The molecule has 3 rings (SSSR count). The highest BCUT2D eigenvalue weighted by Gasteiger charge is 2.13. The Morgan fingerprint density at radius 1 is 1.05 bits per heavy atom. The largest absolute Gasteiger partial charge is 0.320 e. The topological polar surface area (TPSA) is 38.9 Å². The molecule has 1 atom stereocenters. The number of nitrogens with two attached hydrogens (primary N) is 1. The summed E-state index contributed by atoms with van der Waals surface area (Å²) in [7, 11) is 0. The van der Waals surface area contributed by atoms with Crippen LogP contribution in [0.25, 0.3) is 10.9 Å². The van der Waals surface area contributed by atoms with Crippen molar-refractivity contribution in [1.82, 2.24) is 4.98 Å². The van der Waals surface area contributed by atoms with Crippen molar-refractivity contribution in [1.29, 1.82) is 0 Å². The Morgan fingerprint density at radius 3 is 2.71 bits per heavy atom. The highest BCUT2D eigenvalue weighted by molar-refractivity contribution is 5.82. The SMILES string of the molecule is CCCc1cccc(C(N)c2cccc3cccnc23)c1. The van der Waals surface area contributed by atoms with Crippen molar-refractivity contribution in [2.45, 2.75) is 25.8 Å². The van der Waals surface area contributed by atoms with Gasteiger partial charge < -0.3 is 5.73 Å². The highest BCUT2D eigenvalue weighted by atomic mass is 14.7. The van der Waals surface area contributed by atoms with Gasteiger partial charge in [-0.1, -0.05) is 61.9 Å². The molecular formula is C19H20N2. The molecule has 0 fully saturated rings. The average molecular weight is 276 g/mol. The van der Waals surface area contributed by atoms with E-state index in [4.69, 9.17) is 5.73 Å². The van der Waals surface area contributed by atoms with Crippen molar-refractivity contribution in [3.8, 4) is 0 Å². The zero-order valence-electron chi connectivity index (χ0n) is 12.3. The lowest BCUT2D eigenvalue weighted by Gasteiger charge is -2.15. The summed E-state index contributed by atoms with van der Waals surface area (Å²) in [5, 5.41) is 1.13. The first-order valence-electron chi connectivity index (χ1n) is 7.47. The van der Waals surface area contributed by atoms with Gasteiger partial charge in [-0.3, -0.25) is 4.98 Å². The summed E-state index contributed by atoms with van der Waals surface area (Å²) in [6, 6.07) is 18.7. The fourth-order valence-corrected chi connectivity index (χ4v) is 2.79. The number of para-hydroxylation sites is 1. The van der Waals surface area contributed by atoms with Gasteiger partial charge in [0.2, 0.25) is 0 Å². The van der Waals surface area contributed by atoms with E-state index in [0.717, 1.165) is 34.9 Å². The molecule has 1 unspecified atom stereocenters. The predicted octanol–water partition coefficient (Wildman–Crippen LogP) is 4.24. The number of benzene rings is 2. The summed E-state index contributed by atoms with van der Waals surface area (Å²) in [4.78, 5) is 4.51. The molecule has 0 bridgehead atoms. The van der Waals surface area contributed by atoms with Crippen molar-refractivity contribution in [2.24, 2.45) is 5.73 Å². The smallest absolute Gasteiger partial charge is 0.0753 e. The average Bonchev–Trinajstić information content (AvgIpc) is 2.54. The standard InChI is InChI=1S/C19H20N2/c1-2-6-14-7-3-9-16(13-14)18(20)17-11-4-8-15-10-5-12-21-19(15)17/h3-5,7-13,18H,2,6,20H2,1H3. The fourth-order valence-electron chi connectivity index (χ4n) is 2.79. The molecule has 3 aromatic rings. The minimum Gasteiger partial charge on any atom is -0.320 e. The van der Waals surface area contributed by atoms with Crippen LogP contribution in [0.5, 0.6) is 0 Å². The molecule has 0 spiro atoms. The molecule has 2 heteroatoms. The van der Waals surface area contributed by atoms with Crippen LogP contribution in [0.2, 0.25) is 0 Å². The van der Waals surface area contributed by atoms with Gasteiger partial charge in [0.15, 0.2) is 0 Å². The molecule has 106 valence electrons. The van der Waals surface area contributed by atoms with E-state index in [1.807, 2.05) is 12.3 Å². The zero-order valence-corrected chi connectivity index (χ0v) is 12.3. The third-order valence-electron chi connectivity index (χ3n) is 3.85. The summed E-state index contributed by atoms with van der Waals surface area (Å²) < 4.78 is 0. The molecule has 2 nitrogen and oxygen atoms in total. The van der Waals surface area contributed by atoms with Crippen molar-refractivity contribution in [2.75, 3.05) is 0 Å². The normalized spacial score (nSPS) is 12.5. The van der Waals surface area contributed by atoms with Crippen LogP contribution >= 0.6 is 0 Å². The van der Waals surface area contributed by atoms with Gasteiger partial charge in [-0.15, -0.1) is 0 Å². The lowest BCUT2D eigenvalue weighted by atomic mass is 9.95. The molecule has 2 N–H and O–H groups in total. The lowest BCUT2D eigenvalue weighted by Crippen LogP contribution is -2.13. The summed E-state index contributed by atoms with van der Waals surface area (Å²) in [6.45, 7) is 2.20. The van der Waals surface area contributed by atoms with Gasteiger partial charge in [0.1, 0.15) is 0 Å². The van der Waals surface area contributed by atoms with E-state index in [-0.39, 0.29) is 6.04 Å². The van der Waals surface area contributed by atoms with Gasteiger partial charge in [-0.05, 0) is 29.2 Å². The van der Waals surface area contributed by atoms with Crippen molar-refractivity contribution in [3.05, 3.63) is 77.5 Å². The number of nitrogens with zero attached hydrogens (tertiary/aromatic N) is 1. The Kier molecular flexibility index (Phi) is 3.98. The van der Waals surface area contributed by atoms with Crippen LogP contribution in [-0.2, 0) is 6.42 Å². The molecule has 0 saturated heterocycles. The van der Waals surface area contributed by atoms with Crippen LogP contribution in [0.3, 0.4) is 0 Å². The third-order valence-corrected chi connectivity index (χ3v) is 3.85. The number of hydrogen-bond donors (Lipinski definition) is 1. The summed E-state index contributed by atoms with van der Waals surface area (Å²) in [5.41, 5.74) is 11.1. The second-order valence-corrected chi connectivity index (χ2v) is 5.40. The van der Waals surface area contributed by atoms with Crippen LogP contribution in [0.15, 0.2) is 60.8 Å². The lowest BCUT2D eigenvalue weighted by molar-refractivity contribution is 0.863. The maximum Gasteiger partial charge on any atom is 0.0753 e. The third kappa shape index (κ3) is 2.81. The Labute approximate surface area is 125 Å². The molecule has 0 amide bonds. The minimum atomic E-state index is -0.139. The van der Waals surface area contributed by atoms with Crippen molar-refractivity contribution < 1.29 is 0 Å². The van der Waals surface area contributed by atoms with E-state index in [1.54, 1.807) is 0 Å². The van der Waals surface area contributed by atoms with Crippen molar-refractivity contribution in [3.63, 3.8) is 0 Å². The van der Waals surface area contributed by atoms with E-state index in [2.05, 4.69) is 60.4 Å². The van der Waals surface area contributed by atoms with E-state index < -0.39 is 0 Å². The Morgan fingerprint density at radius 2 is 1.86 bits per heavy atom. The maximum absolute atomic E-state index is 6.51.